The zero-order chi connectivity index (χ0) is 14.4. The highest BCUT2D eigenvalue weighted by Gasteiger charge is 2.31. The predicted molar refractivity (Wildman–Crippen MR) is 82.7 cm³/mol. The molecule has 0 radical (unpaired) electrons. The third-order valence-corrected chi connectivity index (χ3v) is 4.08. The fraction of sp³-hybridized carbons (Fsp3) is 0.562. The fourth-order valence-corrected chi connectivity index (χ4v) is 2.81. The molecule has 1 aliphatic rings. The molecule has 1 amide bonds. The summed E-state index contributed by atoms with van der Waals surface area (Å²) in [6.45, 7) is 1.45. The van der Waals surface area contributed by atoms with Crippen molar-refractivity contribution in [1.82, 2.24) is 5.32 Å². The summed E-state index contributed by atoms with van der Waals surface area (Å²) in [4.78, 5) is 14.0. The Hall–Kier alpha value is -1.55. The van der Waals surface area contributed by atoms with Crippen molar-refractivity contribution in [3.8, 4) is 0 Å². The largest absolute Gasteiger partial charge is 0.373 e. The zero-order valence-electron chi connectivity index (χ0n) is 12.3. The third-order valence-electron chi connectivity index (χ3n) is 4.08. The van der Waals surface area contributed by atoms with Gasteiger partial charge in [0.2, 0.25) is 5.91 Å². The van der Waals surface area contributed by atoms with E-state index in [4.69, 9.17) is 5.73 Å². The summed E-state index contributed by atoms with van der Waals surface area (Å²) in [6, 6.07) is 10.2. The molecule has 0 bridgehead atoms. The predicted octanol–water partition coefficient (Wildman–Crippen LogP) is 1.90. The lowest BCUT2D eigenvalue weighted by Gasteiger charge is -2.23. The average Bonchev–Trinajstić information content (AvgIpc) is 2.86. The number of nitrogens with zero attached hydrogens (tertiary/aromatic N) is 1. The normalized spacial score (nSPS) is 16.9. The van der Waals surface area contributed by atoms with Crippen LogP contribution in [0.4, 0.5) is 5.69 Å². The number of carbonyl (C=O) groups is 1. The Morgan fingerprint density at radius 1 is 1.30 bits per heavy atom. The van der Waals surface area contributed by atoms with Gasteiger partial charge in [-0.2, -0.15) is 0 Å². The lowest BCUT2D eigenvalue weighted by molar-refractivity contribution is -0.122. The van der Waals surface area contributed by atoms with Crippen LogP contribution in [0.15, 0.2) is 30.3 Å². The van der Waals surface area contributed by atoms with Crippen LogP contribution in [0.1, 0.15) is 32.1 Å². The van der Waals surface area contributed by atoms with Gasteiger partial charge in [0.05, 0.1) is 0 Å². The van der Waals surface area contributed by atoms with Gasteiger partial charge >= 0.3 is 0 Å². The van der Waals surface area contributed by atoms with Gasteiger partial charge in [-0.3, -0.25) is 4.79 Å². The van der Waals surface area contributed by atoms with E-state index in [0.29, 0.717) is 13.0 Å². The molecule has 4 heteroatoms. The molecule has 0 unspecified atom stereocenters. The first-order valence-corrected chi connectivity index (χ1v) is 7.41. The van der Waals surface area contributed by atoms with Crippen LogP contribution in [0.25, 0.3) is 0 Å². The first kappa shape index (κ1) is 14.9. The maximum Gasteiger partial charge on any atom is 0.221 e. The van der Waals surface area contributed by atoms with Gasteiger partial charge in [-0.1, -0.05) is 31.0 Å². The van der Waals surface area contributed by atoms with Crippen molar-refractivity contribution in [2.45, 2.75) is 37.6 Å². The van der Waals surface area contributed by atoms with E-state index in [2.05, 4.69) is 22.3 Å². The van der Waals surface area contributed by atoms with Crippen LogP contribution in [0, 0.1) is 0 Å². The fourth-order valence-electron chi connectivity index (χ4n) is 2.81. The van der Waals surface area contributed by atoms with Gasteiger partial charge in [-0.15, -0.1) is 0 Å². The van der Waals surface area contributed by atoms with E-state index in [1.54, 1.807) is 0 Å². The topological polar surface area (TPSA) is 58.4 Å². The number of anilines is 1. The second-order valence-electron chi connectivity index (χ2n) is 5.85. The summed E-state index contributed by atoms with van der Waals surface area (Å²) in [5, 5.41) is 2.97. The standard InChI is InChI=1S/C16H25N3O/c1-19(14-7-3-2-4-8-14)12-11-18-15(20)13-16(17)9-5-6-10-16/h2-4,7-8H,5-6,9-13,17H2,1H3,(H,18,20). The summed E-state index contributed by atoms with van der Waals surface area (Å²) in [6.07, 6.45) is 4.72. The van der Waals surface area contributed by atoms with E-state index in [9.17, 15) is 4.79 Å². The SMILES string of the molecule is CN(CCNC(=O)CC1(N)CCCC1)c1ccccc1. The summed E-state index contributed by atoms with van der Waals surface area (Å²) < 4.78 is 0. The molecule has 0 aromatic heterocycles. The van der Waals surface area contributed by atoms with Crippen molar-refractivity contribution in [1.29, 1.82) is 0 Å². The molecule has 0 aliphatic heterocycles. The van der Waals surface area contributed by atoms with Crippen LogP contribution in [-0.2, 0) is 4.79 Å². The highest BCUT2D eigenvalue weighted by atomic mass is 16.1. The van der Waals surface area contributed by atoms with Crippen molar-refractivity contribution in [2.24, 2.45) is 5.73 Å². The van der Waals surface area contributed by atoms with E-state index in [-0.39, 0.29) is 11.4 Å². The van der Waals surface area contributed by atoms with Gasteiger partial charge in [-0.05, 0) is 25.0 Å². The minimum Gasteiger partial charge on any atom is -0.373 e. The van der Waals surface area contributed by atoms with E-state index in [0.717, 1.165) is 37.9 Å². The number of nitrogens with two attached hydrogens (primary N) is 1. The Balaban J connectivity index is 1.69. The van der Waals surface area contributed by atoms with Crippen LogP contribution < -0.4 is 16.0 Å². The zero-order valence-corrected chi connectivity index (χ0v) is 12.3. The molecule has 1 fully saturated rings. The molecular weight excluding hydrogens is 250 g/mol. The average molecular weight is 275 g/mol. The summed E-state index contributed by atoms with van der Waals surface area (Å²) >= 11 is 0. The van der Waals surface area contributed by atoms with Crippen LogP contribution in [0.5, 0.6) is 0 Å². The van der Waals surface area contributed by atoms with E-state index < -0.39 is 0 Å². The van der Waals surface area contributed by atoms with E-state index in [1.165, 1.54) is 0 Å². The number of benzene rings is 1. The molecule has 1 aromatic rings. The molecule has 1 aliphatic carbocycles. The van der Waals surface area contributed by atoms with Gasteiger partial charge in [0.15, 0.2) is 0 Å². The molecular formula is C16H25N3O. The first-order valence-electron chi connectivity index (χ1n) is 7.41. The highest BCUT2D eigenvalue weighted by molar-refractivity contribution is 5.77. The van der Waals surface area contributed by atoms with Crippen LogP contribution >= 0.6 is 0 Å². The monoisotopic (exact) mass is 275 g/mol. The Bertz CT molecular complexity index is 427. The maximum absolute atomic E-state index is 11.9. The Morgan fingerprint density at radius 2 is 1.95 bits per heavy atom. The lowest BCUT2D eigenvalue weighted by Crippen LogP contribution is -2.43. The number of carbonyl (C=O) groups excluding carboxylic acids is 1. The van der Waals surface area contributed by atoms with Gasteiger partial charge in [0, 0.05) is 37.8 Å². The quantitative estimate of drug-likeness (QED) is 0.833. The molecule has 0 saturated heterocycles. The second-order valence-corrected chi connectivity index (χ2v) is 5.85. The minimum atomic E-state index is -0.255. The molecule has 1 saturated carbocycles. The smallest absolute Gasteiger partial charge is 0.221 e. The number of hydrogen-bond donors (Lipinski definition) is 2. The summed E-state index contributed by atoms with van der Waals surface area (Å²) in [5.74, 6) is 0.0795. The molecule has 0 atom stereocenters. The minimum absolute atomic E-state index is 0.0795. The number of rotatable bonds is 6. The molecule has 4 nitrogen and oxygen atoms in total. The van der Waals surface area contributed by atoms with Crippen LogP contribution in [0.3, 0.4) is 0 Å². The second kappa shape index (κ2) is 6.75. The number of likely N-dealkylation sites (N-methyl/N-ethyl adjacent to an activating group) is 1. The maximum atomic E-state index is 11.9. The first-order chi connectivity index (χ1) is 9.59. The Labute approximate surface area is 121 Å². The van der Waals surface area contributed by atoms with Crippen molar-refractivity contribution < 1.29 is 4.79 Å². The van der Waals surface area contributed by atoms with Gasteiger partial charge in [-0.25, -0.2) is 0 Å². The molecule has 20 heavy (non-hydrogen) atoms. The molecule has 2 rings (SSSR count). The van der Waals surface area contributed by atoms with Crippen molar-refractivity contribution in [2.75, 3.05) is 25.0 Å². The molecule has 0 spiro atoms. The molecule has 3 N–H and O–H groups in total. The molecule has 0 heterocycles. The van der Waals surface area contributed by atoms with Gasteiger partial charge < -0.3 is 16.0 Å². The van der Waals surface area contributed by atoms with Crippen molar-refractivity contribution in [3.05, 3.63) is 30.3 Å². The number of amides is 1. The number of nitrogens with one attached hydrogen (secondary N) is 1. The molecule has 110 valence electrons. The summed E-state index contributed by atoms with van der Waals surface area (Å²) in [7, 11) is 2.03. The van der Waals surface area contributed by atoms with Gasteiger partial charge in [0.25, 0.3) is 0 Å². The van der Waals surface area contributed by atoms with Crippen molar-refractivity contribution >= 4 is 11.6 Å². The van der Waals surface area contributed by atoms with Gasteiger partial charge in [0.1, 0.15) is 0 Å². The molecule has 1 aromatic carbocycles. The highest BCUT2D eigenvalue weighted by Crippen LogP contribution is 2.29. The van der Waals surface area contributed by atoms with Crippen molar-refractivity contribution in [3.63, 3.8) is 0 Å². The summed E-state index contributed by atoms with van der Waals surface area (Å²) in [5.41, 5.74) is 7.12. The van der Waals surface area contributed by atoms with Crippen LogP contribution in [-0.4, -0.2) is 31.6 Å². The van der Waals surface area contributed by atoms with E-state index in [1.807, 2.05) is 25.2 Å². The number of para-hydroxylation sites is 1. The third kappa shape index (κ3) is 4.23. The Kier molecular flexibility index (Phi) is 5.01. The lowest BCUT2D eigenvalue weighted by atomic mass is 9.94. The Morgan fingerprint density at radius 3 is 2.60 bits per heavy atom. The van der Waals surface area contributed by atoms with Crippen LogP contribution in [0.2, 0.25) is 0 Å². The number of hydrogen-bond acceptors (Lipinski definition) is 3. The van der Waals surface area contributed by atoms with E-state index >= 15 is 0 Å².